The van der Waals surface area contributed by atoms with E-state index in [0.717, 1.165) is 41.5 Å². The summed E-state index contributed by atoms with van der Waals surface area (Å²) in [6.45, 7) is 6.80. The van der Waals surface area contributed by atoms with E-state index in [1.165, 1.54) is 6.92 Å². The summed E-state index contributed by atoms with van der Waals surface area (Å²) < 4.78 is 56.9. The number of phenols is 2. The zero-order valence-electron chi connectivity index (χ0n) is 32.7. The number of rotatable bonds is 10. The smallest absolute Gasteiger partial charge is 0.308 e. The molecule has 3 aliphatic rings. The molecule has 0 amide bonds. The lowest BCUT2D eigenvalue weighted by molar-refractivity contribution is -0.228. The summed E-state index contributed by atoms with van der Waals surface area (Å²) in [4.78, 5) is 85.6. The number of aromatic hydroxyl groups is 2. The molecule has 1 unspecified atom stereocenters. The first kappa shape index (κ1) is 43.2. The molecule has 58 heavy (non-hydrogen) atoms. The van der Waals surface area contributed by atoms with Gasteiger partial charge >= 0.3 is 41.8 Å². The van der Waals surface area contributed by atoms with Crippen LogP contribution in [0.15, 0.2) is 24.3 Å². The van der Waals surface area contributed by atoms with E-state index < -0.39 is 127 Å². The van der Waals surface area contributed by atoms with Crippen molar-refractivity contribution in [2.45, 2.75) is 116 Å². The normalized spacial score (nSPS) is 26.4. The van der Waals surface area contributed by atoms with E-state index in [1.54, 1.807) is 24.3 Å². The van der Waals surface area contributed by atoms with E-state index in [4.69, 9.17) is 47.4 Å². The topological polar surface area (TPSA) is 252 Å². The maximum absolute atomic E-state index is 12.7. The Balaban J connectivity index is 1.73. The molecule has 2 aromatic carbocycles. The van der Waals surface area contributed by atoms with Crippen LogP contribution in [0.2, 0.25) is 0 Å². The van der Waals surface area contributed by atoms with Crippen LogP contribution in [-0.4, -0.2) is 102 Å². The van der Waals surface area contributed by atoms with Gasteiger partial charge in [-0.05, 0) is 30.5 Å². The lowest BCUT2D eigenvalue weighted by Crippen LogP contribution is -2.54. The highest BCUT2D eigenvalue weighted by atomic mass is 16.7. The van der Waals surface area contributed by atoms with E-state index in [2.05, 4.69) is 0 Å². The van der Waals surface area contributed by atoms with Crippen LogP contribution in [0.4, 0.5) is 0 Å². The van der Waals surface area contributed by atoms with Crippen molar-refractivity contribution in [1.29, 1.82) is 0 Å². The molecular formula is C39H44O19. The monoisotopic (exact) mass is 816 g/mol. The van der Waals surface area contributed by atoms with Crippen LogP contribution in [0.25, 0.3) is 0 Å². The van der Waals surface area contributed by atoms with E-state index in [-0.39, 0.29) is 35.5 Å². The molecule has 2 aromatic rings. The number of carbonyl (C=O) groups excluding carboxylic acids is 7. The molecule has 0 aromatic heterocycles. The van der Waals surface area contributed by atoms with Crippen molar-refractivity contribution in [3.8, 4) is 23.0 Å². The van der Waals surface area contributed by atoms with Crippen LogP contribution in [0.1, 0.15) is 95.5 Å². The van der Waals surface area contributed by atoms with E-state index in [0.29, 0.717) is 5.56 Å². The second kappa shape index (κ2) is 18.1. The van der Waals surface area contributed by atoms with Gasteiger partial charge < -0.3 is 57.6 Å². The quantitative estimate of drug-likeness (QED) is 0.199. The lowest BCUT2D eigenvalue weighted by atomic mass is 9.83. The molecule has 9 atom stereocenters. The van der Waals surface area contributed by atoms with Crippen molar-refractivity contribution in [2.24, 2.45) is 0 Å². The average Bonchev–Trinajstić information content (AvgIpc) is 3.11. The third-order valence-electron chi connectivity index (χ3n) is 9.27. The van der Waals surface area contributed by atoms with Crippen molar-refractivity contribution in [1.82, 2.24) is 0 Å². The number of ether oxygens (including phenoxy) is 10. The van der Waals surface area contributed by atoms with E-state index in [1.807, 2.05) is 0 Å². The van der Waals surface area contributed by atoms with Gasteiger partial charge in [-0.2, -0.15) is 0 Å². The van der Waals surface area contributed by atoms with Gasteiger partial charge in [0.2, 0.25) is 0 Å². The predicted octanol–water partition coefficient (Wildman–Crippen LogP) is 2.82. The van der Waals surface area contributed by atoms with Gasteiger partial charge in [0.1, 0.15) is 41.3 Å². The van der Waals surface area contributed by atoms with Crippen molar-refractivity contribution < 1.29 is 91.1 Å². The van der Waals surface area contributed by atoms with Gasteiger partial charge in [0.05, 0.1) is 24.3 Å². The molecule has 0 bridgehead atoms. The summed E-state index contributed by atoms with van der Waals surface area (Å²) in [5, 5.41) is 24.5. The first-order chi connectivity index (χ1) is 27.4. The minimum absolute atomic E-state index is 0.0562. The zero-order chi connectivity index (χ0) is 42.6. The van der Waals surface area contributed by atoms with Gasteiger partial charge in [-0.1, -0.05) is 12.1 Å². The predicted molar refractivity (Wildman–Crippen MR) is 190 cm³/mol. The third-order valence-corrected chi connectivity index (χ3v) is 9.27. The Bertz CT molecular complexity index is 1940. The maximum atomic E-state index is 12.7. The Morgan fingerprint density at radius 2 is 0.983 bits per heavy atom. The molecule has 3 heterocycles. The Hall–Kier alpha value is -5.95. The van der Waals surface area contributed by atoms with Crippen molar-refractivity contribution in [3.05, 3.63) is 46.5 Å². The van der Waals surface area contributed by atoms with Crippen LogP contribution >= 0.6 is 0 Å². The lowest BCUT2D eigenvalue weighted by Gasteiger charge is -2.43. The molecular weight excluding hydrogens is 772 g/mol. The Morgan fingerprint density at radius 1 is 0.552 bits per heavy atom. The number of fused-ring (bicyclic) bond motifs is 1. The molecule has 0 spiro atoms. The van der Waals surface area contributed by atoms with Gasteiger partial charge in [0.25, 0.3) is 0 Å². The van der Waals surface area contributed by atoms with Gasteiger partial charge in [0, 0.05) is 54.0 Å². The summed E-state index contributed by atoms with van der Waals surface area (Å²) in [7, 11) is 0. The minimum atomic E-state index is -1.64. The molecule has 314 valence electrons. The second-order valence-electron chi connectivity index (χ2n) is 13.7. The van der Waals surface area contributed by atoms with Crippen molar-refractivity contribution >= 4 is 41.8 Å². The summed E-state index contributed by atoms with van der Waals surface area (Å²) in [5.74, 6) is -6.78. The summed E-state index contributed by atoms with van der Waals surface area (Å²) in [6.07, 6.45) is -12.5. The fraction of sp³-hybridized carbons (Fsp3) is 0.513. The number of hydrogen-bond donors (Lipinski definition) is 2. The molecule has 5 rings (SSSR count). The molecule has 3 aliphatic heterocycles. The summed E-state index contributed by atoms with van der Waals surface area (Å²) >= 11 is 0. The largest absolute Gasteiger partial charge is 0.507 e. The molecule has 0 aliphatic carbocycles. The Morgan fingerprint density at radius 3 is 1.41 bits per heavy atom. The summed E-state index contributed by atoms with van der Waals surface area (Å²) in [6, 6.07) is 6.39. The molecule has 0 saturated carbocycles. The maximum Gasteiger partial charge on any atom is 0.308 e. The fourth-order valence-electron chi connectivity index (χ4n) is 7.30. The highest BCUT2D eigenvalue weighted by Crippen LogP contribution is 2.56. The highest BCUT2D eigenvalue weighted by Gasteiger charge is 2.53. The summed E-state index contributed by atoms with van der Waals surface area (Å²) in [5.41, 5.74) is 0.0337. The van der Waals surface area contributed by atoms with Crippen LogP contribution in [-0.2, 0) is 77.9 Å². The molecule has 2 N–H and O–H groups in total. The first-order valence-corrected chi connectivity index (χ1v) is 18.2. The SMILES string of the molecule is CC(=O)Oc1ccc(C2CCc3c(O)c([C@H]4OC[C@@H](OC(C)=O)[C@@H](OC(C)=O)[C@@H]4OC(C)=O)c(O)c([C@@H]4OC[C@@H](OC(C)=O)[C@H](OC(C)=O)[C@H]4OC(C)=O)c3O2)cc1. The fourth-order valence-corrected chi connectivity index (χ4v) is 7.30. The van der Waals surface area contributed by atoms with Crippen molar-refractivity contribution in [2.75, 3.05) is 13.2 Å². The molecule has 19 heteroatoms. The van der Waals surface area contributed by atoms with Crippen molar-refractivity contribution in [3.63, 3.8) is 0 Å². The van der Waals surface area contributed by atoms with Crippen LogP contribution < -0.4 is 9.47 Å². The van der Waals surface area contributed by atoms with Crippen LogP contribution in [0.3, 0.4) is 0 Å². The van der Waals surface area contributed by atoms with Crippen LogP contribution in [0, 0.1) is 0 Å². The number of carbonyl (C=O) groups is 7. The number of phenolic OH excluding ortho intramolecular Hbond substituents is 2. The van der Waals surface area contributed by atoms with Gasteiger partial charge in [-0.25, -0.2) is 0 Å². The Labute approximate surface area is 331 Å². The average molecular weight is 817 g/mol. The molecule has 2 saturated heterocycles. The number of hydrogen-bond acceptors (Lipinski definition) is 19. The zero-order valence-corrected chi connectivity index (χ0v) is 32.7. The van der Waals surface area contributed by atoms with Crippen LogP contribution in [0.5, 0.6) is 23.0 Å². The van der Waals surface area contributed by atoms with Gasteiger partial charge in [-0.3, -0.25) is 33.6 Å². The van der Waals surface area contributed by atoms with Gasteiger partial charge in [0.15, 0.2) is 36.6 Å². The molecule has 0 radical (unpaired) electrons. The number of benzene rings is 2. The second-order valence-corrected chi connectivity index (χ2v) is 13.7. The minimum Gasteiger partial charge on any atom is -0.507 e. The van der Waals surface area contributed by atoms with Gasteiger partial charge in [-0.15, -0.1) is 0 Å². The van der Waals surface area contributed by atoms with E-state index >= 15 is 0 Å². The first-order valence-electron chi connectivity index (χ1n) is 18.2. The Kier molecular flexibility index (Phi) is 13.5. The molecule has 2 fully saturated rings. The van der Waals surface area contributed by atoms with E-state index in [9.17, 15) is 43.8 Å². The number of esters is 7. The highest BCUT2D eigenvalue weighted by molar-refractivity contribution is 5.71. The standard InChI is InChI=1S/C39H44O19/c1-16(40)51-24-10-8-23(9-11-24)26-13-12-25-31(47)29(36-38(56-21(6)45)34(54-19(4)43)27(14-49-36)52-17(2)41)32(48)30(33(25)58-26)37-39(57-22(7)46)35(55-20(5)44)28(15-50-37)53-18(3)42/h8-11,26-28,34-39,47-48H,12-15H2,1-7H3/t26?,27-,28-,34-,35+,36-,37+,38+,39-/m1/s1. The molecule has 19 nitrogen and oxygen atoms in total. The third kappa shape index (κ3) is 9.76.